The maximum Gasteiger partial charge on any atom is 0.242 e. The summed E-state index contributed by atoms with van der Waals surface area (Å²) in [6, 6.07) is 7.80. The van der Waals surface area contributed by atoms with Crippen molar-refractivity contribution < 1.29 is 8.42 Å². The summed E-state index contributed by atoms with van der Waals surface area (Å²) in [4.78, 5) is 0.352. The molecule has 0 radical (unpaired) electrons. The number of hydrogen-bond donors (Lipinski definition) is 1. The molecule has 0 amide bonds. The highest BCUT2D eigenvalue weighted by Crippen LogP contribution is 2.26. The minimum absolute atomic E-state index is 0.352. The largest absolute Gasteiger partial charge is 0.310 e. The monoisotopic (exact) mass is 324 g/mol. The van der Waals surface area contributed by atoms with Crippen molar-refractivity contribution in [1.29, 1.82) is 0 Å². The molecule has 1 N–H and O–H groups in total. The highest BCUT2D eigenvalue weighted by atomic mass is 32.2. The first-order chi connectivity index (χ1) is 10.4. The Morgan fingerprint density at radius 3 is 2.18 bits per heavy atom. The molecule has 1 aliphatic rings. The van der Waals surface area contributed by atoms with Crippen LogP contribution in [0.5, 0.6) is 0 Å². The van der Waals surface area contributed by atoms with E-state index in [-0.39, 0.29) is 0 Å². The van der Waals surface area contributed by atoms with Gasteiger partial charge in [0, 0.05) is 26.7 Å². The molecule has 124 valence electrons. The second-order valence-electron chi connectivity index (χ2n) is 6.44. The Balaban J connectivity index is 1.87. The van der Waals surface area contributed by atoms with Crippen LogP contribution < -0.4 is 5.32 Å². The standard InChI is InChI=1S/C17H28N2O2S/c1-4-14-5-9-16(10-6-14)18-13-15-7-11-17(12-8-15)22(20,21)19(2)3/h7-8,11-12,14,16,18H,4-6,9-10,13H2,1-3H3. The molecule has 0 bridgehead atoms. The Labute approximate surface area is 135 Å². The van der Waals surface area contributed by atoms with E-state index in [9.17, 15) is 8.42 Å². The van der Waals surface area contributed by atoms with E-state index < -0.39 is 10.0 Å². The average molecular weight is 324 g/mol. The first kappa shape index (κ1) is 17.4. The van der Waals surface area contributed by atoms with Crippen LogP contribution in [0.1, 0.15) is 44.6 Å². The van der Waals surface area contributed by atoms with Gasteiger partial charge in [-0.25, -0.2) is 12.7 Å². The molecule has 0 aromatic heterocycles. The minimum Gasteiger partial charge on any atom is -0.310 e. The highest BCUT2D eigenvalue weighted by Gasteiger charge is 2.20. The van der Waals surface area contributed by atoms with Crippen LogP contribution in [0.3, 0.4) is 0 Å². The molecule has 1 aliphatic carbocycles. The number of nitrogens with zero attached hydrogens (tertiary/aromatic N) is 1. The van der Waals surface area contributed by atoms with Gasteiger partial charge in [0.2, 0.25) is 10.0 Å². The topological polar surface area (TPSA) is 49.4 Å². The molecule has 2 rings (SSSR count). The van der Waals surface area contributed by atoms with Gasteiger partial charge in [0.25, 0.3) is 0 Å². The zero-order valence-corrected chi connectivity index (χ0v) is 14.7. The van der Waals surface area contributed by atoms with Gasteiger partial charge in [-0.1, -0.05) is 25.5 Å². The summed E-state index contributed by atoms with van der Waals surface area (Å²) in [7, 11) is -0.219. The third-order valence-electron chi connectivity index (χ3n) is 4.72. The molecule has 1 saturated carbocycles. The number of sulfonamides is 1. The van der Waals surface area contributed by atoms with Crippen molar-refractivity contribution in [3.05, 3.63) is 29.8 Å². The van der Waals surface area contributed by atoms with Crippen molar-refractivity contribution in [2.45, 2.75) is 56.5 Å². The van der Waals surface area contributed by atoms with Crippen LogP contribution in [0.4, 0.5) is 0 Å². The molecule has 0 atom stereocenters. The van der Waals surface area contributed by atoms with Crippen LogP contribution in [0.25, 0.3) is 0 Å². The minimum atomic E-state index is -3.33. The van der Waals surface area contributed by atoms with Gasteiger partial charge in [-0.2, -0.15) is 0 Å². The van der Waals surface area contributed by atoms with Crippen LogP contribution in [0.15, 0.2) is 29.2 Å². The Morgan fingerprint density at radius 2 is 1.68 bits per heavy atom. The third kappa shape index (κ3) is 4.31. The van der Waals surface area contributed by atoms with Crippen LogP contribution in [0, 0.1) is 5.92 Å². The van der Waals surface area contributed by atoms with E-state index in [4.69, 9.17) is 0 Å². The number of rotatable bonds is 6. The molecule has 1 aromatic carbocycles. The molecule has 4 nitrogen and oxygen atoms in total. The summed E-state index contributed by atoms with van der Waals surface area (Å²) in [5.41, 5.74) is 1.13. The molecule has 0 spiro atoms. The van der Waals surface area contributed by atoms with Gasteiger partial charge >= 0.3 is 0 Å². The van der Waals surface area contributed by atoms with Gasteiger partial charge in [-0.05, 0) is 49.3 Å². The van der Waals surface area contributed by atoms with Crippen LogP contribution >= 0.6 is 0 Å². The normalized spacial score (nSPS) is 22.9. The molecule has 5 heteroatoms. The fourth-order valence-corrected chi connectivity index (χ4v) is 3.93. The van der Waals surface area contributed by atoms with Gasteiger partial charge in [0.1, 0.15) is 0 Å². The van der Waals surface area contributed by atoms with Gasteiger partial charge in [-0.15, -0.1) is 0 Å². The number of hydrogen-bond acceptors (Lipinski definition) is 3. The third-order valence-corrected chi connectivity index (χ3v) is 6.55. The Kier molecular flexibility index (Phi) is 6.01. The smallest absolute Gasteiger partial charge is 0.242 e. The summed E-state index contributed by atoms with van der Waals surface area (Å²) < 4.78 is 25.3. The number of benzene rings is 1. The summed E-state index contributed by atoms with van der Waals surface area (Å²) >= 11 is 0. The zero-order chi connectivity index (χ0) is 16.2. The highest BCUT2D eigenvalue weighted by molar-refractivity contribution is 7.89. The van der Waals surface area contributed by atoms with Crippen molar-refractivity contribution in [2.75, 3.05) is 14.1 Å². The zero-order valence-electron chi connectivity index (χ0n) is 13.9. The lowest BCUT2D eigenvalue weighted by Gasteiger charge is -2.28. The van der Waals surface area contributed by atoms with Crippen LogP contribution in [0.2, 0.25) is 0 Å². The first-order valence-electron chi connectivity index (χ1n) is 8.18. The summed E-state index contributed by atoms with van der Waals surface area (Å²) in [6.45, 7) is 3.09. The van der Waals surface area contributed by atoms with E-state index in [0.29, 0.717) is 10.9 Å². The van der Waals surface area contributed by atoms with Gasteiger partial charge in [-0.3, -0.25) is 0 Å². The fraction of sp³-hybridized carbons (Fsp3) is 0.647. The average Bonchev–Trinajstić information content (AvgIpc) is 2.53. The Hall–Kier alpha value is -0.910. The lowest BCUT2D eigenvalue weighted by atomic mass is 9.84. The molecule has 0 heterocycles. The second-order valence-corrected chi connectivity index (χ2v) is 8.59. The Bertz CT molecular complexity index is 559. The summed E-state index contributed by atoms with van der Waals surface area (Å²) in [5.74, 6) is 0.911. The maximum atomic E-state index is 12.0. The predicted molar refractivity (Wildman–Crippen MR) is 90.2 cm³/mol. The lowest BCUT2D eigenvalue weighted by Crippen LogP contribution is -2.32. The van der Waals surface area contributed by atoms with Crippen molar-refractivity contribution in [1.82, 2.24) is 9.62 Å². The van der Waals surface area contributed by atoms with Crippen LogP contribution in [-0.2, 0) is 16.6 Å². The van der Waals surface area contributed by atoms with Crippen molar-refractivity contribution in [3.8, 4) is 0 Å². The van der Waals surface area contributed by atoms with E-state index in [0.717, 1.165) is 18.0 Å². The molecule has 1 aromatic rings. The van der Waals surface area contributed by atoms with Crippen molar-refractivity contribution in [2.24, 2.45) is 5.92 Å². The quantitative estimate of drug-likeness (QED) is 0.875. The molecule has 0 saturated heterocycles. The van der Waals surface area contributed by atoms with E-state index in [1.165, 1.54) is 36.4 Å². The molecule has 0 aliphatic heterocycles. The Morgan fingerprint density at radius 1 is 1.09 bits per heavy atom. The van der Waals surface area contributed by atoms with Crippen molar-refractivity contribution >= 4 is 10.0 Å². The molecular formula is C17H28N2O2S. The van der Waals surface area contributed by atoms with E-state index in [1.807, 2.05) is 12.1 Å². The van der Waals surface area contributed by atoms with Gasteiger partial charge < -0.3 is 5.32 Å². The van der Waals surface area contributed by atoms with Crippen molar-refractivity contribution in [3.63, 3.8) is 0 Å². The fourth-order valence-electron chi connectivity index (χ4n) is 3.03. The molecular weight excluding hydrogens is 296 g/mol. The summed E-state index contributed by atoms with van der Waals surface area (Å²) in [6.07, 6.45) is 6.47. The molecule has 0 unspecified atom stereocenters. The number of nitrogens with one attached hydrogen (secondary N) is 1. The predicted octanol–water partition coefficient (Wildman–Crippen LogP) is 3.00. The van der Waals surface area contributed by atoms with E-state index in [2.05, 4.69) is 12.2 Å². The van der Waals surface area contributed by atoms with E-state index in [1.54, 1.807) is 26.2 Å². The maximum absolute atomic E-state index is 12.0. The van der Waals surface area contributed by atoms with Gasteiger partial charge in [0.05, 0.1) is 4.90 Å². The van der Waals surface area contributed by atoms with Crippen LogP contribution in [-0.4, -0.2) is 32.9 Å². The SMILES string of the molecule is CCC1CCC(NCc2ccc(S(=O)(=O)N(C)C)cc2)CC1. The lowest BCUT2D eigenvalue weighted by molar-refractivity contribution is 0.285. The summed E-state index contributed by atoms with van der Waals surface area (Å²) in [5, 5.41) is 3.60. The second kappa shape index (κ2) is 7.57. The molecule has 22 heavy (non-hydrogen) atoms. The van der Waals surface area contributed by atoms with Gasteiger partial charge in [0.15, 0.2) is 0 Å². The van der Waals surface area contributed by atoms with E-state index >= 15 is 0 Å². The first-order valence-corrected chi connectivity index (χ1v) is 9.62. The molecule has 1 fully saturated rings.